The Labute approximate surface area is 165 Å². The molecule has 1 saturated heterocycles. The molecule has 10 nitrogen and oxygen atoms in total. The molecule has 5 N–H and O–H groups in total. The highest BCUT2D eigenvalue weighted by atomic mass is 35.5. The van der Waals surface area contributed by atoms with Crippen LogP contribution in [-0.2, 0) is 19.3 Å². The van der Waals surface area contributed by atoms with Gasteiger partial charge in [0.15, 0.2) is 10.0 Å². The Morgan fingerprint density at radius 3 is 2.74 bits per heavy atom. The Bertz CT molecular complexity index is 929. The summed E-state index contributed by atoms with van der Waals surface area (Å²) in [5, 5.41) is 23.1. The molecule has 2 aliphatic heterocycles. The van der Waals surface area contributed by atoms with Gasteiger partial charge in [0.1, 0.15) is 21.9 Å². The molecule has 0 spiro atoms. The molecule has 0 aromatic carbocycles. The summed E-state index contributed by atoms with van der Waals surface area (Å²) in [6.07, 6.45) is 1.88. The summed E-state index contributed by atoms with van der Waals surface area (Å²) in [5.41, 5.74) is 5.48. The maximum atomic E-state index is 12.2. The van der Waals surface area contributed by atoms with Gasteiger partial charge in [0.25, 0.3) is 5.91 Å². The number of thiazole rings is 1. The summed E-state index contributed by atoms with van der Waals surface area (Å²) in [7, 11) is 0. The van der Waals surface area contributed by atoms with Gasteiger partial charge in [-0.3, -0.25) is 14.5 Å². The van der Waals surface area contributed by atoms with Crippen LogP contribution in [0.5, 0.6) is 0 Å². The molecule has 2 atom stereocenters. The van der Waals surface area contributed by atoms with Crippen LogP contribution >= 0.6 is 34.7 Å². The first-order chi connectivity index (χ1) is 12.7. The average Bonchev–Trinajstić information content (AvgIpc) is 2.92. The third-order valence-corrected chi connectivity index (χ3v) is 6.51. The maximum absolute atomic E-state index is 12.2. The molecule has 0 radical (unpaired) electrons. The fourth-order valence-corrected chi connectivity index (χ4v) is 5.75. The van der Waals surface area contributed by atoms with Crippen LogP contribution in [0.2, 0.25) is 4.34 Å². The first-order valence-electron chi connectivity index (χ1n) is 7.27. The predicted octanol–water partition coefficient (Wildman–Crippen LogP) is 0.938. The zero-order chi connectivity index (χ0) is 19.9. The smallest absolute Gasteiger partial charge is 0.353 e. The molecule has 3 rings (SSSR count). The molecule has 3 heterocycles. The van der Waals surface area contributed by atoms with Crippen molar-refractivity contribution >= 4 is 63.8 Å². The number of carbonyl (C=O) groups excluding carboxylic acids is 2. The fourth-order valence-electron chi connectivity index (χ4n) is 2.90. The number of aliphatic carboxylic acids is 1. The van der Waals surface area contributed by atoms with Gasteiger partial charge < -0.3 is 21.4 Å². The summed E-state index contributed by atoms with van der Waals surface area (Å²) in [6, 6.07) is 0. The number of aromatic nitrogens is 1. The SMILES string of the molecule is C=CC1=C(C(=O)O)N2C(=O)C[C@@H]2SC1(NC(=O)/C=N\O)c1nc(N)sc1Cl. The van der Waals surface area contributed by atoms with E-state index in [0.29, 0.717) is 6.21 Å². The van der Waals surface area contributed by atoms with Gasteiger partial charge in [0, 0.05) is 5.57 Å². The van der Waals surface area contributed by atoms with Crippen LogP contribution in [0.25, 0.3) is 0 Å². The van der Waals surface area contributed by atoms with Gasteiger partial charge in [-0.2, -0.15) is 0 Å². The van der Waals surface area contributed by atoms with Crippen LogP contribution in [0.3, 0.4) is 0 Å². The number of thioether (sulfide) groups is 1. The first-order valence-corrected chi connectivity index (χ1v) is 9.34. The molecule has 0 saturated carbocycles. The minimum absolute atomic E-state index is 0.00353. The lowest BCUT2D eigenvalue weighted by atomic mass is 9.97. The summed E-state index contributed by atoms with van der Waals surface area (Å²) < 4.78 is 0.129. The van der Waals surface area contributed by atoms with E-state index in [9.17, 15) is 19.5 Å². The number of hydrogen-bond donors (Lipinski definition) is 4. The van der Waals surface area contributed by atoms with Crippen LogP contribution in [-0.4, -0.2) is 49.6 Å². The van der Waals surface area contributed by atoms with E-state index >= 15 is 0 Å². The highest BCUT2D eigenvalue weighted by Gasteiger charge is 2.57. The standard InChI is InChI=1S/C14H12ClN5O5S2/c1-2-5-9(12(23)24)20-7(22)3-8(20)27-14(5,19-6(21)4-17-25)10-11(15)26-13(16)18-10/h2,4,8,25H,1,3H2,(H2,16,18)(H,19,21)(H,23,24)/b17-4-/t8-,14?/m0/s1. The van der Waals surface area contributed by atoms with Gasteiger partial charge in [0.05, 0.1) is 11.8 Å². The van der Waals surface area contributed by atoms with Gasteiger partial charge in [-0.15, -0.1) is 0 Å². The zero-order valence-corrected chi connectivity index (χ0v) is 15.8. The number of amides is 2. The molecular weight excluding hydrogens is 418 g/mol. The van der Waals surface area contributed by atoms with Gasteiger partial charge in [-0.05, 0) is 0 Å². The molecule has 2 aliphatic rings. The number of β-lactam (4-membered cyclic amide) rings is 1. The third kappa shape index (κ3) is 2.95. The molecule has 1 aromatic rings. The lowest BCUT2D eigenvalue weighted by molar-refractivity contribution is -0.146. The number of fused-ring (bicyclic) bond motifs is 1. The van der Waals surface area contributed by atoms with E-state index in [-0.39, 0.29) is 38.8 Å². The molecule has 27 heavy (non-hydrogen) atoms. The second-order valence-electron chi connectivity index (χ2n) is 5.40. The molecule has 13 heteroatoms. The molecule has 1 aromatic heterocycles. The largest absolute Gasteiger partial charge is 0.477 e. The van der Waals surface area contributed by atoms with Gasteiger partial charge >= 0.3 is 5.97 Å². The molecule has 1 fully saturated rings. The average molecular weight is 430 g/mol. The summed E-state index contributed by atoms with van der Waals surface area (Å²) >= 11 is 8.26. The number of nitrogens with two attached hydrogens (primary N) is 1. The van der Waals surface area contributed by atoms with Crippen molar-refractivity contribution in [1.29, 1.82) is 0 Å². The van der Waals surface area contributed by atoms with Crippen LogP contribution in [0, 0.1) is 0 Å². The Hall–Kier alpha value is -2.57. The number of rotatable bonds is 5. The second-order valence-corrected chi connectivity index (χ2v) is 8.43. The summed E-state index contributed by atoms with van der Waals surface area (Å²) in [6.45, 7) is 3.63. The summed E-state index contributed by atoms with van der Waals surface area (Å²) in [5.74, 6) is -2.59. The van der Waals surface area contributed by atoms with Crippen molar-refractivity contribution in [3.8, 4) is 0 Å². The quantitative estimate of drug-likeness (QED) is 0.233. The van der Waals surface area contributed by atoms with E-state index in [2.05, 4.69) is 22.0 Å². The molecule has 142 valence electrons. The van der Waals surface area contributed by atoms with Crippen molar-refractivity contribution in [2.24, 2.45) is 5.16 Å². The van der Waals surface area contributed by atoms with E-state index in [1.807, 2.05) is 0 Å². The first kappa shape index (κ1) is 19.2. The Balaban J connectivity index is 2.31. The Morgan fingerprint density at radius 2 is 2.26 bits per heavy atom. The number of nitrogens with zero attached hydrogens (tertiary/aromatic N) is 3. The predicted molar refractivity (Wildman–Crippen MR) is 99.3 cm³/mol. The molecule has 2 amide bonds. The highest BCUT2D eigenvalue weighted by Crippen LogP contribution is 2.55. The van der Waals surface area contributed by atoms with Crippen LogP contribution < -0.4 is 11.1 Å². The molecule has 0 bridgehead atoms. The van der Waals surface area contributed by atoms with E-state index in [1.165, 1.54) is 6.08 Å². The Kier molecular flexibility index (Phi) is 4.88. The van der Waals surface area contributed by atoms with Crippen molar-refractivity contribution in [2.75, 3.05) is 5.73 Å². The second kappa shape index (κ2) is 6.87. The van der Waals surface area contributed by atoms with Gasteiger partial charge in [0.2, 0.25) is 5.91 Å². The fraction of sp³-hybridized carbons (Fsp3) is 0.214. The number of carboxylic acid groups (broad SMARTS) is 1. The number of nitrogen functional groups attached to an aromatic ring is 1. The number of carboxylic acids is 1. The normalized spacial score (nSPS) is 24.6. The van der Waals surface area contributed by atoms with E-state index in [4.69, 9.17) is 22.5 Å². The lowest BCUT2D eigenvalue weighted by Gasteiger charge is -2.50. The van der Waals surface area contributed by atoms with E-state index in [1.54, 1.807) is 0 Å². The number of carbonyl (C=O) groups is 3. The van der Waals surface area contributed by atoms with Crippen LogP contribution in [0.15, 0.2) is 29.1 Å². The number of anilines is 1. The van der Waals surface area contributed by atoms with E-state index in [0.717, 1.165) is 28.0 Å². The molecule has 1 unspecified atom stereocenters. The van der Waals surface area contributed by atoms with Crippen molar-refractivity contribution in [1.82, 2.24) is 15.2 Å². The monoisotopic (exact) mass is 429 g/mol. The van der Waals surface area contributed by atoms with Crippen molar-refractivity contribution in [3.05, 3.63) is 34.0 Å². The van der Waals surface area contributed by atoms with Crippen molar-refractivity contribution < 1.29 is 24.7 Å². The number of halogens is 1. The third-order valence-electron chi connectivity index (χ3n) is 3.91. The van der Waals surface area contributed by atoms with E-state index < -0.39 is 22.1 Å². The number of oxime groups is 1. The zero-order valence-electron chi connectivity index (χ0n) is 13.4. The van der Waals surface area contributed by atoms with Crippen molar-refractivity contribution in [3.63, 3.8) is 0 Å². The Morgan fingerprint density at radius 1 is 1.56 bits per heavy atom. The topological polar surface area (TPSA) is 158 Å². The number of nitrogens with one attached hydrogen (secondary N) is 1. The molecular formula is C14H12ClN5O5S2. The minimum atomic E-state index is -1.60. The van der Waals surface area contributed by atoms with Gasteiger partial charge in [-0.25, -0.2) is 9.78 Å². The summed E-state index contributed by atoms with van der Waals surface area (Å²) in [4.78, 5) is 39.8. The maximum Gasteiger partial charge on any atom is 0.353 e. The van der Waals surface area contributed by atoms with Crippen LogP contribution in [0.1, 0.15) is 12.1 Å². The highest BCUT2D eigenvalue weighted by molar-refractivity contribution is 8.01. The molecule has 0 aliphatic carbocycles. The van der Waals surface area contributed by atoms with Gasteiger partial charge in [-0.1, -0.05) is 52.5 Å². The minimum Gasteiger partial charge on any atom is -0.477 e. The van der Waals surface area contributed by atoms with Crippen molar-refractivity contribution in [2.45, 2.75) is 16.7 Å². The van der Waals surface area contributed by atoms with Crippen LogP contribution in [0.4, 0.5) is 5.13 Å². The number of hydrogen-bond acceptors (Lipinski definition) is 9. The lowest BCUT2D eigenvalue weighted by Crippen LogP contribution is -2.60.